The molecule has 0 N–H and O–H groups in total. The van der Waals surface area contributed by atoms with E-state index >= 15 is 0 Å². The topological polar surface area (TPSA) is 41.6 Å². The van der Waals surface area contributed by atoms with E-state index in [2.05, 4.69) is 15.6 Å². The fourth-order valence-corrected chi connectivity index (χ4v) is 2.32. The number of nitrogens with zero attached hydrogens (tertiary/aromatic N) is 3. The van der Waals surface area contributed by atoms with E-state index in [1.54, 1.807) is 0 Å². The van der Waals surface area contributed by atoms with Crippen LogP contribution < -0.4 is 0 Å². The predicted octanol–water partition coefficient (Wildman–Crippen LogP) is 3.26. The summed E-state index contributed by atoms with van der Waals surface area (Å²) in [6.07, 6.45) is 2.01. The van der Waals surface area contributed by atoms with Gasteiger partial charge >= 0.3 is 0 Å². The fourth-order valence-electron chi connectivity index (χ4n) is 2.32. The van der Waals surface area contributed by atoms with Crippen LogP contribution in [0.5, 0.6) is 0 Å². The second-order valence-corrected chi connectivity index (χ2v) is 4.56. The molecular weight excluding hydrogens is 234 g/mol. The van der Waals surface area contributed by atoms with Gasteiger partial charge in [0.2, 0.25) is 0 Å². The van der Waals surface area contributed by atoms with Gasteiger partial charge in [-0.2, -0.15) is 5.26 Å². The van der Waals surface area contributed by atoms with E-state index in [0.717, 1.165) is 28.8 Å². The lowest BCUT2D eigenvalue weighted by Crippen LogP contribution is -2.00. The number of nitriles is 1. The van der Waals surface area contributed by atoms with Gasteiger partial charge in [-0.3, -0.25) is 4.98 Å². The van der Waals surface area contributed by atoms with Gasteiger partial charge in [0.05, 0.1) is 23.9 Å². The molecule has 0 amide bonds. The normalized spacial score (nSPS) is 10.5. The third kappa shape index (κ3) is 2.09. The molecule has 0 spiro atoms. The average molecular weight is 247 g/mol. The Balaban J connectivity index is 2.05. The minimum atomic E-state index is 0.716. The Morgan fingerprint density at radius 3 is 2.79 bits per heavy atom. The zero-order valence-corrected chi connectivity index (χ0v) is 10.7. The van der Waals surface area contributed by atoms with Gasteiger partial charge in [0.1, 0.15) is 0 Å². The maximum atomic E-state index is 9.10. The van der Waals surface area contributed by atoms with E-state index in [9.17, 15) is 0 Å². The first-order valence-corrected chi connectivity index (χ1v) is 6.18. The number of hydrogen-bond donors (Lipinski definition) is 0. The van der Waals surface area contributed by atoms with Crippen LogP contribution in [0.1, 0.15) is 17.0 Å². The van der Waals surface area contributed by atoms with E-state index in [1.165, 1.54) is 0 Å². The summed E-state index contributed by atoms with van der Waals surface area (Å²) in [5.41, 5.74) is 3.84. The van der Waals surface area contributed by atoms with Crippen LogP contribution in [-0.4, -0.2) is 9.55 Å². The van der Waals surface area contributed by atoms with E-state index in [4.69, 9.17) is 5.26 Å². The van der Waals surface area contributed by atoms with Gasteiger partial charge in [-0.15, -0.1) is 0 Å². The van der Waals surface area contributed by atoms with Crippen LogP contribution in [-0.2, 0) is 6.54 Å². The number of pyridine rings is 1. The lowest BCUT2D eigenvalue weighted by Gasteiger charge is -2.06. The van der Waals surface area contributed by atoms with Crippen LogP contribution in [0.25, 0.3) is 10.9 Å². The van der Waals surface area contributed by atoms with Gasteiger partial charge in [0.15, 0.2) is 0 Å². The first-order chi connectivity index (χ1) is 9.28. The smallest absolute Gasteiger partial charge is 0.0998 e. The third-order valence-electron chi connectivity index (χ3n) is 3.21. The molecule has 0 fully saturated rings. The molecule has 3 rings (SSSR count). The van der Waals surface area contributed by atoms with Crippen LogP contribution in [0.3, 0.4) is 0 Å². The summed E-state index contributed by atoms with van der Waals surface area (Å²) in [6.45, 7) is 2.71. The molecule has 0 aliphatic rings. The molecule has 0 aliphatic carbocycles. The van der Waals surface area contributed by atoms with Crippen molar-refractivity contribution in [2.75, 3.05) is 0 Å². The second-order valence-electron chi connectivity index (χ2n) is 4.56. The Labute approximate surface area is 111 Å². The molecule has 0 atom stereocenters. The second kappa shape index (κ2) is 4.58. The molecule has 0 saturated heterocycles. The number of aromatic nitrogens is 2. The Morgan fingerprint density at radius 1 is 1.16 bits per heavy atom. The van der Waals surface area contributed by atoms with Crippen LogP contribution in [0.2, 0.25) is 0 Å². The number of hydrogen-bond acceptors (Lipinski definition) is 2. The maximum Gasteiger partial charge on any atom is 0.0998 e. The van der Waals surface area contributed by atoms with Gasteiger partial charge in [-0.25, -0.2) is 0 Å². The number of aryl methyl sites for hydroxylation is 1. The summed E-state index contributed by atoms with van der Waals surface area (Å²) in [5, 5.41) is 10.1. The molecule has 3 aromatic rings. The highest BCUT2D eigenvalue weighted by atomic mass is 15.0. The molecule has 19 heavy (non-hydrogen) atoms. The van der Waals surface area contributed by atoms with Gasteiger partial charge in [0, 0.05) is 22.8 Å². The quantitative estimate of drug-likeness (QED) is 0.697. The molecule has 0 radical (unpaired) electrons. The van der Waals surface area contributed by atoms with Crippen LogP contribution in [0.4, 0.5) is 0 Å². The SMILES string of the molecule is Cc1cccc(Cn2ccc3c(C#N)cccc32)n1. The van der Waals surface area contributed by atoms with E-state index in [1.807, 2.05) is 55.6 Å². The number of benzene rings is 1. The zero-order chi connectivity index (χ0) is 13.2. The van der Waals surface area contributed by atoms with Crippen molar-refractivity contribution in [3.8, 4) is 6.07 Å². The summed E-state index contributed by atoms with van der Waals surface area (Å²) < 4.78 is 2.12. The van der Waals surface area contributed by atoms with Crippen molar-refractivity contribution in [2.45, 2.75) is 13.5 Å². The fraction of sp³-hybridized carbons (Fsp3) is 0.125. The van der Waals surface area contributed by atoms with Crippen LogP contribution in [0.15, 0.2) is 48.7 Å². The minimum Gasteiger partial charge on any atom is -0.341 e. The highest BCUT2D eigenvalue weighted by Gasteiger charge is 2.06. The lowest BCUT2D eigenvalue weighted by atomic mass is 10.1. The zero-order valence-electron chi connectivity index (χ0n) is 10.7. The summed E-state index contributed by atoms with van der Waals surface area (Å²) in [5.74, 6) is 0. The van der Waals surface area contributed by atoms with Crippen molar-refractivity contribution in [1.82, 2.24) is 9.55 Å². The first-order valence-electron chi connectivity index (χ1n) is 6.18. The van der Waals surface area contributed by atoms with E-state index in [0.29, 0.717) is 5.56 Å². The highest BCUT2D eigenvalue weighted by molar-refractivity contribution is 5.86. The molecule has 1 aromatic carbocycles. The van der Waals surface area contributed by atoms with Gasteiger partial charge in [-0.1, -0.05) is 12.1 Å². The molecule has 3 nitrogen and oxygen atoms in total. The highest BCUT2D eigenvalue weighted by Crippen LogP contribution is 2.20. The van der Waals surface area contributed by atoms with E-state index in [-0.39, 0.29) is 0 Å². The molecular formula is C16H13N3. The molecule has 0 unspecified atom stereocenters. The first kappa shape index (κ1) is 11.5. The van der Waals surface area contributed by atoms with Crippen molar-refractivity contribution >= 4 is 10.9 Å². The van der Waals surface area contributed by atoms with E-state index < -0.39 is 0 Å². The number of fused-ring (bicyclic) bond motifs is 1. The average Bonchev–Trinajstić information content (AvgIpc) is 2.82. The standard InChI is InChI=1S/C16H13N3/c1-12-4-2-6-14(18-12)11-19-9-8-15-13(10-17)5-3-7-16(15)19/h2-9H,11H2,1H3. The Morgan fingerprint density at radius 2 is 2.00 bits per heavy atom. The van der Waals surface area contributed by atoms with Crippen molar-refractivity contribution < 1.29 is 0 Å². The lowest BCUT2D eigenvalue weighted by molar-refractivity contribution is 0.802. The van der Waals surface area contributed by atoms with Crippen molar-refractivity contribution in [1.29, 1.82) is 5.26 Å². The van der Waals surface area contributed by atoms with Gasteiger partial charge < -0.3 is 4.57 Å². The Hall–Kier alpha value is -2.60. The number of rotatable bonds is 2. The molecule has 92 valence electrons. The molecule has 0 bridgehead atoms. The van der Waals surface area contributed by atoms with Gasteiger partial charge in [-0.05, 0) is 37.3 Å². The summed E-state index contributed by atoms with van der Waals surface area (Å²) in [4.78, 5) is 4.51. The summed E-state index contributed by atoms with van der Waals surface area (Å²) in [6, 6.07) is 16.0. The maximum absolute atomic E-state index is 9.10. The van der Waals surface area contributed by atoms with Gasteiger partial charge in [0.25, 0.3) is 0 Å². The monoisotopic (exact) mass is 247 g/mol. The molecule has 0 aliphatic heterocycles. The summed E-state index contributed by atoms with van der Waals surface area (Å²) in [7, 11) is 0. The molecule has 2 aromatic heterocycles. The van der Waals surface area contributed by atoms with Crippen molar-refractivity contribution in [3.63, 3.8) is 0 Å². The summed E-state index contributed by atoms with van der Waals surface area (Å²) >= 11 is 0. The largest absolute Gasteiger partial charge is 0.341 e. The third-order valence-corrected chi connectivity index (χ3v) is 3.21. The molecule has 0 saturated carbocycles. The van der Waals surface area contributed by atoms with Crippen molar-refractivity contribution in [2.24, 2.45) is 0 Å². The minimum absolute atomic E-state index is 0.716. The molecule has 2 heterocycles. The van der Waals surface area contributed by atoms with Crippen LogP contribution in [0, 0.1) is 18.3 Å². The predicted molar refractivity (Wildman–Crippen MR) is 74.7 cm³/mol. The van der Waals surface area contributed by atoms with Crippen molar-refractivity contribution in [3.05, 3.63) is 65.6 Å². The Bertz CT molecular complexity index is 778. The molecule has 3 heteroatoms. The Kier molecular flexibility index (Phi) is 2.77. The van der Waals surface area contributed by atoms with Crippen LogP contribution >= 0.6 is 0 Å².